The molecule has 126 valence electrons. The van der Waals surface area contributed by atoms with Crippen molar-refractivity contribution in [3.63, 3.8) is 0 Å². The van der Waals surface area contributed by atoms with Crippen LogP contribution in [-0.4, -0.2) is 19.9 Å². The summed E-state index contributed by atoms with van der Waals surface area (Å²) in [6.07, 6.45) is 3.18. The molecule has 9 heteroatoms. The highest BCUT2D eigenvalue weighted by Crippen LogP contribution is 2.25. The Bertz CT molecular complexity index is 918. The number of anilines is 2. The Morgan fingerprint density at radius 3 is 2.64 bits per heavy atom. The lowest BCUT2D eigenvalue weighted by atomic mass is 10.3. The van der Waals surface area contributed by atoms with Crippen molar-refractivity contribution in [2.45, 2.75) is 6.92 Å². The molecule has 3 aromatic rings. The summed E-state index contributed by atoms with van der Waals surface area (Å²) in [5.74, 6) is 1.05. The zero-order chi connectivity index (χ0) is 17.8. The van der Waals surface area contributed by atoms with Gasteiger partial charge in [-0.3, -0.25) is 10.1 Å². The van der Waals surface area contributed by atoms with Gasteiger partial charge < -0.3 is 10.1 Å². The monoisotopic (exact) mass is 401 g/mol. The predicted octanol–water partition coefficient (Wildman–Crippen LogP) is 4.39. The van der Waals surface area contributed by atoms with Crippen LogP contribution in [0, 0.1) is 17.0 Å². The van der Waals surface area contributed by atoms with E-state index in [4.69, 9.17) is 4.74 Å². The predicted molar refractivity (Wildman–Crippen MR) is 95.2 cm³/mol. The molecule has 0 aliphatic carbocycles. The average molecular weight is 402 g/mol. The van der Waals surface area contributed by atoms with Gasteiger partial charge in [0.05, 0.1) is 9.40 Å². The number of nitro groups is 1. The van der Waals surface area contributed by atoms with E-state index in [0.29, 0.717) is 17.3 Å². The highest BCUT2D eigenvalue weighted by atomic mass is 79.9. The molecule has 1 N–H and O–H groups in total. The number of benzene rings is 1. The zero-order valence-electron chi connectivity index (χ0n) is 13.0. The van der Waals surface area contributed by atoms with Crippen molar-refractivity contribution in [2.24, 2.45) is 0 Å². The van der Waals surface area contributed by atoms with Crippen molar-refractivity contribution in [2.75, 3.05) is 5.32 Å². The van der Waals surface area contributed by atoms with Crippen LogP contribution < -0.4 is 10.1 Å². The van der Waals surface area contributed by atoms with Crippen LogP contribution >= 0.6 is 15.9 Å². The highest BCUT2D eigenvalue weighted by molar-refractivity contribution is 9.10. The second-order valence-electron chi connectivity index (χ2n) is 5.00. The molecule has 0 fully saturated rings. The molecule has 0 spiro atoms. The molecular weight excluding hydrogens is 390 g/mol. The molecule has 0 unspecified atom stereocenters. The highest BCUT2D eigenvalue weighted by Gasteiger charge is 2.12. The van der Waals surface area contributed by atoms with Crippen LogP contribution in [0.25, 0.3) is 0 Å². The largest absolute Gasteiger partial charge is 0.424 e. The fourth-order valence-electron chi connectivity index (χ4n) is 2.06. The molecule has 0 aliphatic heterocycles. The maximum Gasteiger partial charge on any atom is 0.321 e. The average Bonchev–Trinajstić information content (AvgIpc) is 2.57. The van der Waals surface area contributed by atoms with Crippen molar-refractivity contribution in [1.29, 1.82) is 0 Å². The third-order valence-electron chi connectivity index (χ3n) is 3.17. The van der Waals surface area contributed by atoms with Crippen molar-refractivity contribution < 1.29 is 9.66 Å². The molecule has 0 radical (unpaired) electrons. The Labute approximate surface area is 151 Å². The van der Waals surface area contributed by atoms with Crippen LogP contribution in [0.1, 0.15) is 5.69 Å². The van der Waals surface area contributed by atoms with E-state index in [9.17, 15) is 10.1 Å². The second-order valence-corrected chi connectivity index (χ2v) is 5.91. The van der Waals surface area contributed by atoms with Gasteiger partial charge >= 0.3 is 6.01 Å². The number of aromatic nitrogens is 3. The number of hydrogen-bond donors (Lipinski definition) is 1. The number of hydrogen-bond acceptors (Lipinski definition) is 7. The summed E-state index contributed by atoms with van der Waals surface area (Å²) < 4.78 is 6.35. The van der Waals surface area contributed by atoms with Crippen molar-refractivity contribution >= 4 is 33.1 Å². The Kier molecular flexibility index (Phi) is 4.85. The van der Waals surface area contributed by atoms with Gasteiger partial charge in [-0.2, -0.15) is 0 Å². The summed E-state index contributed by atoms with van der Waals surface area (Å²) in [6.45, 7) is 1.59. The van der Waals surface area contributed by atoms with Crippen LogP contribution in [0.2, 0.25) is 0 Å². The van der Waals surface area contributed by atoms with E-state index in [1.54, 1.807) is 43.6 Å². The minimum atomic E-state index is -0.460. The number of aryl methyl sites for hydroxylation is 1. The maximum atomic E-state index is 10.8. The van der Waals surface area contributed by atoms with Gasteiger partial charge in [-0.25, -0.2) is 15.0 Å². The van der Waals surface area contributed by atoms with E-state index in [1.165, 1.54) is 6.07 Å². The molecule has 3 rings (SSSR count). The summed E-state index contributed by atoms with van der Waals surface area (Å²) in [4.78, 5) is 22.7. The van der Waals surface area contributed by atoms with Gasteiger partial charge in [-0.05, 0) is 41.1 Å². The van der Waals surface area contributed by atoms with E-state index < -0.39 is 4.92 Å². The normalized spacial score (nSPS) is 10.3. The van der Waals surface area contributed by atoms with Gasteiger partial charge in [-0.15, -0.1) is 0 Å². The minimum absolute atomic E-state index is 0.0185. The summed E-state index contributed by atoms with van der Waals surface area (Å²) >= 11 is 3.26. The number of nitrogens with zero attached hydrogens (tertiary/aromatic N) is 4. The molecule has 0 saturated carbocycles. The summed E-state index contributed by atoms with van der Waals surface area (Å²) in [5, 5.41) is 13.9. The molecule has 0 bridgehead atoms. The molecule has 0 aliphatic rings. The SMILES string of the molecule is Cc1nc(Nc2cccc(Oc3ncc(Br)cn3)c2)ccc1[N+](=O)[O-]. The fraction of sp³-hybridized carbons (Fsp3) is 0.0625. The topological polar surface area (TPSA) is 103 Å². The summed E-state index contributed by atoms with van der Waals surface area (Å²) in [5.41, 5.74) is 1.04. The molecule has 8 nitrogen and oxygen atoms in total. The van der Waals surface area contributed by atoms with Crippen LogP contribution in [0.15, 0.2) is 53.3 Å². The minimum Gasteiger partial charge on any atom is -0.424 e. The van der Waals surface area contributed by atoms with Gasteiger partial charge in [0.2, 0.25) is 0 Å². The van der Waals surface area contributed by atoms with Crippen LogP contribution in [0.5, 0.6) is 11.8 Å². The molecular formula is C16H12BrN5O3. The molecule has 0 saturated heterocycles. The number of ether oxygens (including phenoxy) is 1. The van der Waals surface area contributed by atoms with Gasteiger partial charge in [0.25, 0.3) is 5.69 Å². The number of halogens is 1. The van der Waals surface area contributed by atoms with Crippen molar-refractivity contribution in [3.8, 4) is 11.8 Å². The molecule has 1 aromatic carbocycles. The molecule has 0 atom stereocenters. The molecule has 2 aromatic heterocycles. The summed E-state index contributed by atoms with van der Waals surface area (Å²) in [7, 11) is 0. The van der Waals surface area contributed by atoms with Crippen LogP contribution in [0.3, 0.4) is 0 Å². The third kappa shape index (κ3) is 4.27. The lowest BCUT2D eigenvalue weighted by molar-refractivity contribution is -0.385. The fourth-order valence-corrected chi connectivity index (χ4v) is 2.26. The molecule has 2 heterocycles. The first kappa shape index (κ1) is 16.8. The van der Waals surface area contributed by atoms with E-state index in [-0.39, 0.29) is 11.7 Å². The van der Waals surface area contributed by atoms with E-state index >= 15 is 0 Å². The van der Waals surface area contributed by atoms with Crippen LogP contribution in [0.4, 0.5) is 17.2 Å². The molecule has 0 amide bonds. The Morgan fingerprint density at radius 1 is 1.20 bits per heavy atom. The third-order valence-corrected chi connectivity index (χ3v) is 3.58. The quantitative estimate of drug-likeness (QED) is 0.499. The standard InChI is InChI=1S/C16H12BrN5O3/c1-10-14(22(23)24)5-6-15(20-10)21-12-3-2-4-13(7-12)25-16-18-8-11(17)9-19-16/h2-9H,1H3,(H,20,21). The Hall–Kier alpha value is -3.07. The molecule has 25 heavy (non-hydrogen) atoms. The summed E-state index contributed by atoms with van der Waals surface area (Å²) in [6, 6.07) is 10.3. The van der Waals surface area contributed by atoms with E-state index in [2.05, 4.69) is 36.2 Å². The van der Waals surface area contributed by atoms with Crippen LogP contribution in [-0.2, 0) is 0 Å². The van der Waals surface area contributed by atoms with Crippen molar-refractivity contribution in [3.05, 3.63) is 69.1 Å². The van der Waals surface area contributed by atoms with E-state index in [0.717, 1.165) is 10.2 Å². The van der Waals surface area contributed by atoms with Crippen molar-refractivity contribution in [1.82, 2.24) is 15.0 Å². The number of pyridine rings is 1. The first-order chi connectivity index (χ1) is 12.0. The van der Waals surface area contributed by atoms with Gasteiger partial charge in [-0.1, -0.05) is 6.07 Å². The first-order valence-electron chi connectivity index (χ1n) is 7.16. The second kappa shape index (κ2) is 7.22. The number of rotatable bonds is 5. The lowest BCUT2D eigenvalue weighted by Crippen LogP contribution is -1.99. The first-order valence-corrected chi connectivity index (χ1v) is 7.95. The smallest absolute Gasteiger partial charge is 0.321 e. The van der Waals surface area contributed by atoms with E-state index in [1.807, 2.05) is 6.07 Å². The van der Waals surface area contributed by atoms with Gasteiger partial charge in [0.1, 0.15) is 17.3 Å². The van der Waals surface area contributed by atoms with Gasteiger partial charge in [0.15, 0.2) is 0 Å². The van der Waals surface area contributed by atoms with Gasteiger partial charge in [0, 0.05) is 30.2 Å². The maximum absolute atomic E-state index is 10.8. The lowest BCUT2D eigenvalue weighted by Gasteiger charge is -2.09. The Morgan fingerprint density at radius 2 is 1.96 bits per heavy atom. The Balaban J connectivity index is 1.76. The zero-order valence-corrected chi connectivity index (χ0v) is 14.6. The number of nitrogens with one attached hydrogen (secondary N) is 1.